The van der Waals surface area contributed by atoms with Crippen LogP contribution in [0.5, 0.6) is 0 Å². The zero-order chi connectivity index (χ0) is 6.41. The molecule has 0 radical (unpaired) electrons. The summed E-state index contributed by atoms with van der Waals surface area (Å²) in [5, 5.41) is 0. The summed E-state index contributed by atoms with van der Waals surface area (Å²) in [6.07, 6.45) is 1.73. The lowest BCUT2D eigenvalue weighted by atomic mass is 9.85. The fourth-order valence-electron chi connectivity index (χ4n) is 0.658. The highest BCUT2D eigenvalue weighted by atomic mass is 35.5. The predicted octanol–water partition coefficient (Wildman–Crippen LogP) is 2.95. The molecule has 0 N–H and O–H groups in total. The van der Waals surface area contributed by atoms with Gasteiger partial charge in [-0.15, -0.1) is 11.6 Å². The first-order valence-electron chi connectivity index (χ1n) is 2.52. The second-order valence-corrected chi connectivity index (χ2v) is 4.72. The molecule has 8 heavy (non-hydrogen) atoms. The zero-order valence-electron chi connectivity index (χ0n) is 4.55. The van der Waals surface area contributed by atoms with E-state index in [-0.39, 0.29) is 4.87 Å². The standard InChI is InChI=1S/C5H7Cl3/c1-4(6)2-3-5(4,7)8/h2-3H2,1H3. The van der Waals surface area contributed by atoms with Crippen LogP contribution >= 0.6 is 34.8 Å². The minimum atomic E-state index is -0.672. The van der Waals surface area contributed by atoms with Crippen LogP contribution in [0, 0.1) is 0 Å². The average Bonchev–Trinajstić information content (AvgIpc) is 1.64. The van der Waals surface area contributed by atoms with Crippen molar-refractivity contribution >= 4 is 34.8 Å². The third kappa shape index (κ3) is 0.832. The van der Waals surface area contributed by atoms with E-state index in [0.29, 0.717) is 0 Å². The first kappa shape index (κ1) is 6.98. The molecular weight excluding hydrogens is 166 g/mol. The number of halogens is 3. The van der Waals surface area contributed by atoms with E-state index in [1.807, 2.05) is 6.92 Å². The summed E-state index contributed by atoms with van der Waals surface area (Å²) in [5.41, 5.74) is 0. The Hall–Kier alpha value is 0.870. The Morgan fingerprint density at radius 1 is 1.12 bits per heavy atom. The van der Waals surface area contributed by atoms with E-state index in [1.165, 1.54) is 0 Å². The van der Waals surface area contributed by atoms with E-state index in [1.54, 1.807) is 0 Å². The number of hydrogen-bond donors (Lipinski definition) is 0. The average molecular weight is 173 g/mol. The third-order valence-electron chi connectivity index (χ3n) is 1.67. The summed E-state index contributed by atoms with van der Waals surface area (Å²) in [6.45, 7) is 1.86. The molecule has 1 rings (SSSR count). The van der Waals surface area contributed by atoms with E-state index in [4.69, 9.17) is 34.8 Å². The van der Waals surface area contributed by atoms with Gasteiger partial charge in [-0.05, 0) is 19.8 Å². The molecule has 1 unspecified atom stereocenters. The van der Waals surface area contributed by atoms with Gasteiger partial charge in [0, 0.05) is 0 Å². The summed E-state index contributed by atoms with van der Waals surface area (Å²) in [7, 11) is 0. The van der Waals surface area contributed by atoms with Crippen LogP contribution in [-0.4, -0.2) is 9.21 Å². The maximum Gasteiger partial charge on any atom is 0.137 e. The monoisotopic (exact) mass is 172 g/mol. The van der Waals surface area contributed by atoms with Crippen molar-refractivity contribution in [1.82, 2.24) is 0 Å². The normalized spacial score (nSPS) is 43.5. The van der Waals surface area contributed by atoms with Gasteiger partial charge in [0.25, 0.3) is 0 Å². The van der Waals surface area contributed by atoms with Gasteiger partial charge in [-0.1, -0.05) is 23.2 Å². The van der Waals surface area contributed by atoms with E-state index in [0.717, 1.165) is 12.8 Å². The van der Waals surface area contributed by atoms with Crippen LogP contribution in [-0.2, 0) is 0 Å². The van der Waals surface area contributed by atoms with Gasteiger partial charge >= 0.3 is 0 Å². The molecule has 0 aromatic rings. The van der Waals surface area contributed by atoms with Gasteiger partial charge in [0.15, 0.2) is 0 Å². The van der Waals surface area contributed by atoms with Crippen LogP contribution in [0.15, 0.2) is 0 Å². The molecule has 0 nitrogen and oxygen atoms in total. The fourth-order valence-corrected chi connectivity index (χ4v) is 1.23. The second-order valence-electron chi connectivity index (χ2n) is 2.40. The highest BCUT2D eigenvalue weighted by Gasteiger charge is 2.52. The number of rotatable bonds is 0. The molecule has 0 aromatic carbocycles. The van der Waals surface area contributed by atoms with Crippen LogP contribution in [0.3, 0.4) is 0 Å². The lowest BCUT2D eigenvalue weighted by Crippen LogP contribution is -2.48. The quantitative estimate of drug-likeness (QED) is 0.494. The number of alkyl halides is 3. The van der Waals surface area contributed by atoms with Crippen molar-refractivity contribution < 1.29 is 0 Å². The number of hydrogen-bond acceptors (Lipinski definition) is 0. The Bertz CT molecular complexity index is 92.2. The molecule has 1 saturated carbocycles. The fraction of sp³-hybridized carbons (Fsp3) is 1.00. The van der Waals surface area contributed by atoms with Crippen molar-refractivity contribution in [3.8, 4) is 0 Å². The Kier molecular flexibility index (Phi) is 1.47. The lowest BCUT2D eigenvalue weighted by Gasteiger charge is -2.44. The summed E-state index contributed by atoms with van der Waals surface area (Å²) in [4.78, 5) is -0.379. The first-order valence-corrected chi connectivity index (χ1v) is 3.66. The molecule has 1 atom stereocenters. The maximum absolute atomic E-state index is 5.83. The zero-order valence-corrected chi connectivity index (χ0v) is 6.82. The van der Waals surface area contributed by atoms with E-state index < -0.39 is 4.33 Å². The van der Waals surface area contributed by atoms with Gasteiger partial charge in [-0.3, -0.25) is 0 Å². The molecule has 48 valence electrons. The molecule has 0 bridgehead atoms. The molecule has 1 aliphatic carbocycles. The molecule has 0 aromatic heterocycles. The van der Waals surface area contributed by atoms with Crippen LogP contribution < -0.4 is 0 Å². The summed E-state index contributed by atoms with van der Waals surface area (Å²) < 4.78 is -0.672. The van der Waals surface area contributed by atoms with E-state index >= 15 is 0 Å². The SMILES string of the molecule is CC1(Cl)CCC1(Cl)Cl. The van der Waals surface area contributed by atoms with Gasteiger partial charge in [0.2, 0.25) is 0 Å². The molecule has 3 heteroatoms. The smallest absolute Gasteiger partial charge is 0.116 e. The molecule has 1 fully saturated rings. The minimum absolute atomic E-state index is 0.379. The van der Waals surface area contributed by atoms with Gasteiger partial charge in [0.05, 0.1) is 4.87 Å². The van der Waals surface area contributed by atoms with E-state index in [9.17, 15) is 0 Å². The molecule has 1 aliphatic rings. The van der Waals surface area contributed by atoms with Gasteiger partial charge in [0.1, 0.15) is 4.33 Å². The minimum Gasteiger partial charge on any atom is -0.116 e. The highest BCUT2D eigenvalue weighted by Crippen LogP contribution is 2.54. The summed E-state index contributed by atoms with van der Waals surface area (Å²) in [6, 6.07) is 0. The van der Waals surface area contributed by atoms with Gasteiger partial charge < -0.3 is 0 Å². The highest BCUT2D eigenvalue weighted by molar-refractivity contribution is 6.54. The Balaban J connectivity index is 2.63. The Morgan fingerprint density at radius 3 is 1.50 bits per heavy atom. The molecule has 0 amide bonds. The second kappa shape index (κ2) is 1.68. The van der Waals surface area contributed by atoms with Crippen molar-refractivity contribution in [2.45, 2.75) is 29.0 Å². The Morgan fingerprint density at radius 2 is 1.50 bits per heavy atom. The molecule has 0 saturated heterocycles. The van der Waals surface area contributed by atoms with Crippen molar-refractivity contribution in [3.63, 3.8) is 0 Å². The van der Waals surface area contributed by atoms with Gasteiger partial charge in [-0.25, -0.2) is 0 Å². The van der Waals surface area contributed by atoms with Crippen molar-refractivity contribution in [3.05, 3.63) is 0 Å². The van der Waals surface area contributed by atoms with Crippen LogP contribution in [0.25, 0.3) is 0 Å². The molecular formula is C5H7Cl3. The van der Waals surface area contributed by atoms with Gasteiger partial charge in [-0.2, -0.15) is 0 Å². The van der Waals surface area contributed by atoms with Crippen LogP contribution in [0.4, 0.5) is 0 Å². The van der Waals surface area contributed by atoms with Crippen LogP contribution in [0.2, 0.25) is 0 Å². The Labute approximate surface area is 64.1 Å². The predicted molar refractivity (Wildman–Crippen MR) is 37.9 cm³/mol. The van der Waals surface area contributed by atoms with Crippen molar-refractivity contribution in [1.29, 1.82) is 0 Å². The lowest BCUT2D eigenvalue weighted by molar-refractivity contribution is 0.352. The topological polar surface area (TPSA) is 0 Å². The van der Waals surface area contributed by atoms with Crippen LogP contribution in [0.1, 0.15) is 19.8 Å². The summed E-state index contributed by atoms with van der Waals surface area (Å²) >= 11 is 17.3. The maximum atomic E-state index is 5.83. The molecule has 0 aliphatic heterocycles. The largest absolute Gasteiger partial charge is 0.137 e. The van der Waals surface area contributed by atoms with Crippen molar-refractivity contribution in [2.75, 3.05) is 0 Å². The van der Waals surface area contributed by atoms with E-state index in [2.05, 4.69) is 0 Å². The molecule has 0 spiro atoms. The summed E-state index contributed by atoms with van der Waals surface area (Å²) in [5.74, 6) is 0. The molecule has 0 heterocycles. The third-order valence-corrected chi connectivity index (χ3v) is 3.59. The van der Waals surface area contributed by atoms with Crippen molar-refractivity contribution in [2.24, 2.45) is 0 Å². The first-order chi connectivity index (χ1) is 3.46.